The van der Waals surface area contributed by atoms with Gasteiger partial charge in [0.1, 0.15) is 5.76 Å². The lowest BCUT2D eigenvalue weighted by Crippen LogP contribution is -2.30. The van der Waals surface area contributed by atoms with E-state index in [1.54, 1.807) is 19.3 Å². The normalized spacial score (nSPS) is 10.5. The molecule has 2 aromatic heterocycles. The zero-order valence-corrected chi connectivity index (χ0v) is 11.5. The van der Waals surface area contributed by atoms with Gasteiger partial charge in [-0.15, -0.1) is 0 Å². The highest BCUT2D eigenvalue weighted by molar-refractivity contribution is 7.98. The lowest BCUT2D eigenvalue weighted by Gasteiger charge is -1.98. The highest BCUT2D eigenvalue weighted by Crippen LogP contribution is 2.22. The molecule has 3 N–H and O–H groups in total. The first kappa shape index (κ1) is 13.6. The number of hydrazine groups is 1. The Balaban J connectivity index is 2.04. The first-order valence-corrected chi connectivity index (χ1v) is 6.60. The van der Waals surface area contributed by atoms with Crippen LogP contribution in [0.3, 0.4) is 0 Å². The number of carbonyl (C=O) groups excluding carboxylic acids is 1. The fraction of sp³-hybridized carbons (Fsp3) is 0.250. The molecular formula is C12H14N4O2S. The minimum absolute atomic E-state index is 0.239. The molecule has 0 fully saturated rings. The van der Waals surface area contributed by atoms with Gasteiger partial charge in [-0.05, 0) is 25.5 Å². The predicted octanol–water partition coefficient (Wildman–Crippen LogP) is 1.58. The number of furan rings is 1. The van der Waals surface area contributed by atoms with Crippen LogP contribution in [0.4, 0.5) is 0 Å². The van der Waals surface area contributed by atoms with Crippen LogP contribution in [-0.4, -0.2) is 15.9 Å². The topological polar surface area (TPSA) is 94.0 Å². The summed E-state index contributed by atoms with van der Waals surface area (Å²) in [5.41, 5.74) is 3.82. The van der Waals surface area contributed by atoms with Crippen molar-refractivity contribution in [1.82, 2.24) is 15.4 Å². The summed E-state index contributed by atoms with van der Waals surface area (Å²) in [4.78, 5) is 19.8. The summed E-state index contributed by atoms with van der Waals surface area (Å²) in [6.45, 7) is 3.73. The number of rotatable bonds is 4. The molecule has 0 saturated heterocycles. The summed E-state index contributed by atoms with van der Waals surface area (Å²) in [5, 5.41) is 0.671. The molecule has 2 aromatic rings. The minimum atomic E-state index is -0.430. The summed E-state index contributed by atoms with van der Waals surface area (Å²) < 4.78 is 5.44. The van der Waals surface area contributed by atoms with Crippen molar-refractivity contribution < 1.29 is 9.21 Å². The Morgan fingerprint density at radius 3 is 2.74 bits per heavy atom. The quantitative estimate of drug-likeness (QED) is 0.290. The molecule has 0 atom stereocenters. The van der Waals surface area contributed by atoms with E-state index >= 15 is 0 Å². The number of hydrogen-bond acceptors (Lipinski definition) is 6. The number of nitrogen functional groups attached to an aromatic ring is 1. The maximum atomic E-state index is 11.4. The number of thioether (sulfide) groups is 1. The first-order valence-electron chi connectivity index (χ1n) is 5.62. The smallest absolute Gasteiger partial charge is 0.301 e. The Labute approximate surface area is 114 Å². The van der Waals surface area contributed by atoms with E-state index in [2.05, 4.69) is 15.4 Å². The number of aryl methyl sites for hydroxylation is 2. The van der Waals surface area contributed by atoms with Crippen molar-refractivity contribution in [3.63, 3.8) is 0 Å². The molecule has 0 saturated carbocycles. The molecule has 100 valence electrons. The van der Waals surface area contributed by atoms with Gasteiger partial charge < -0.3 is 4.42 Å². The molecule has 1 amide bonds. The zero-order chi connectivity index (χ0) is 13.8. The van der Waals surface area contributed by atoms with Gasteiger partial charge in [0.05, 0.1) is 5.75 Å². The van der Waals surface area contributed by atoms with Gasteiger partial charge >= 0.3 is 5.91 Å². The number of carbonyl (C=O) groups is 1. The van der Waals surface area contributed by atoms with Crippen LogP contribution in [0.25, 0.3) is 0 Å². The Kier molecular flexibility index (Phi) is 4.18. The summed E-state index contributed by atoms with van der Waals surface area (Å²) >= 11 is 1.44. The standard InChI is InChI=1S/C12H14N4O2S/c1-7-4-14-12(15-5-7)19-6-9-3-8(2)10(18-9)11(17)16-13/h3-5H,6,13H2,1-2H3,(H,16,17). The SMILES string of the molecule is Cc1cnc(SCc2cc(C)c(C(=O)NN)o2)nc1. The molecule has 2 heterocycles. The van der Waals surface area contributed by atoms with Gasteiger partial charge in [0.25, 0.3) is 0 Å². The van der Waals surface area contributed by atoms with E-state index < -0.39 is 5.91 Å². The van der Waals surface area contributed by atoms with E-state index in [4.69, 9.17) is 10.3 Å². The van der Waals surface area contributed by atoms with E-state index in [9.17, 15) is 4.79 Å². The maximum Gasteiger partial charge on any atom is 0.301 e. The van der Waals surface area contributed by atoms with Gasteiger partial charge in [0.2, 0.25) is 0 Å². The molecule has 0 bridgehead atoms. The maximum absolute atomic E-state index is 11.4. The Hall–Kier alpha value is -1.86. The monoisotopic (exact) mass is 278 g/mol. The van der Waals surface area contributed by atoms with E-state index in [0.29, 0.717) is 16.7 Å². The number of nitrogens with one attached hydrogen (secondary N) is 1. The van der Waals surface area contributed by atoms with Crippen molar-refractivity contribution >= 4 is 17.7 Å². The van der Waals surface area contributed by atoms with Crippen LogP contribution in [0.5, 0.6) is 0 Å². The third-order valence-corrected chi connectivity index (χ3v) is 3.30. The van der Waals surface area contributed by atoms with Crippen LogP contribution in [0.2, 0.25) is 0 Å². The van der Waals surface area contributed by atoms with Crippen molar-refractivity contribution in [3.8, 4) is 0 Å². The van der Waals surface area contributed by atoms with Gasteiger partial charge in [0.15, 0.2) is 10.9 Å². The van der Waals surface area contributed by atoms with Crippen molar-refractivity contribution in [1.29, 1.82) is 0 Å². The Morgan fingerprint density at radius 2 is 2.11 bits per heavy atom. The predicted molar refractivity (Wildman–Crippen MR) is 71.4 cm³/mol. The molecule has 0 aliphatic rings. The van der Waals surface area contributed by atoms with E-state index in [-0.39, 0.29) is 5.76 Å². The Bertz CT molecular complexity index is 580. The second-order valence-electron chi connectivity index (χ2n) is 4.03. The molecule has 0 radical (unpaired) electrons. The minimum Gasteiger partial charge on any atom is -0.455 e. The van der Waals surface area contributed by atoms with Crippen molar-refractivity contribution in [2.24, 2.45) is 5.84 Å². The van der Waals surface area contributed by atoms with Gasteiger partial charge in [-0.25, -0.2) is 15.8 Å². The number of amides is 1. The lowest BCUT2D eigenvalue weighted by atomic mass is 10.2. The van der Waals surface area contributed by atoms with Crippen LogP contribution in [0.15, 0.2) is 28.0 Å². The van der Waals surface area contributed by atoms with Crippen molar-refractivity contribution in [2.45, 2.75) is 24.8 Å². The molecule has 0 aromatic carbocycles. The fourth-order valence-corrected chi connectivity index (χ4v) is 2.17. The van der Waals surface area contributed by atoms with Gasteiger partial charge in [-0.3, -0.25) is 10.2 Å². The van der Waals surface area contributed by atoms with Crippen LogP contribution in [0.1, 0.15) is 27.4 Å². The van der Waals surface area contributed by atoms with E-state index in [0.717, 1.165) is 11.1 Å². The molecule has 0 aliphatic heterocycles. The lowest BCUT2D eigenvalue weighted by molar-refractivity contribution is 0.0923. The second-order valence-corrected chi connectivity index (χ2v) is 4.97. The number of nitrogens with zero attached hydrogens (tertiary/aromatic N) is 2. The first-order chi connectivity index (χ1) is 9.10. The van der Waals surface area contributed by atoms with E-state index in [1.807, 2.05) is 13.0 Å². The van der Waals surface area contributed by atoms with E-state index in [1.165, 1.54) is 11.8 Å². The van der Waals surface area contributed by atoms with Crippen molar-refractivity contribution in [3.05, 3.63) is 41.1 Å². The number of nitrogens with two attached hydrogens (primary N) is 1. The number of aromatic nitrogens is 2. The highest BCUT2D eigenvalue weighted by Gasteiger charge is 2.14. The molecule has 0 aliphatic carbocycles. The van der Waals surface area contributed by atoms with Crippen molar-refractivity contribution in [2.75, 3.05) is 0 Å². The molecule has 0 unspecified atom stereocenters. The van der Waals surface area contributed by atoms with Gasteiger partial charge in [0, 0.05) is 18.0 Å². The second kappa shape index (κ2) is 5.85. The molecule has 0 spiro atoms. The number of hydrogen-bond donors (Lipinski definition) is 2. The Morgan fingerprint density at radius 1 is 1.42 bits per heavy atom. The van der Waals surface area contributed by atoms with Crippen LogP contribution >= 0.6 is 11.8 Å². The summed E-state index contributed by atoms with van der Waals surface area (Å²) in [5.74, 6) is 6.13. The summed E-state index contributed by atoms with van der Waals surface area (Å²) in [7, 11) is 0. The summed E-state index contributed by atoms with van der Waals surface area (Å²) in [6, 6.07) is 1.81. The fourth-order valence-electron chi connectivity index (χ4n) is 1.50. The van der Waals surface area contributed by atoms with Gasteiger partial charge in [-0.1, -0.05) is 11.8 Å². The molecule has 2 rings (SSSR count). The van der Waals surface area contributed by atoms with Gasteiger partial charge in [-0.2, -0.15) is 0 Å². The van der Waals surface area contributed by atoms with Crippen LogP contribution in [-0.2, 0) is 5.75 Å². The summed E-state index contributed by atoms with van der Waals surface area (Å²) in [6.07, 6.45) is 3.52. The average molecular weight is 278 g/mol. The van der Waals surface area contributed by atoms with Crippen LogP contribution < -0.4 is 11.3 Å². The highest BCUT2D eigenvalue weighted by atomic mass is 32.2. The third-order valence-electron chi connectivity index (χ3n) is 2.41. The van der Waals surface area contributed by atoms with Crippen LogP contribution in [0, 0.1) is 13.8 Å². The average Bonchev–Trinajstić information content (AvgIpc) is 2.78. The largest absolute Gasteiger partial charge is 0.455 e. The molecule has 7 heteroatoms. The molecule has 6 nitrogen and oxygen atoms in total. The zero-order valence-electron chi connectivity index (χ0n) is 10.6. The third kappa shape index (κ3) is 3.33. The molecule has 19 heavy (non-hydrogen) atoms. The molecular weight excluding hydrogens is 264 g/mol.